The molecule has 0 aliphatic carbocycles. The summed E-state index contributed by atoms with van der Waals surface area (Å²) < 4.78 is 15.3. The minimum Gasteiger partial charge on any atom is -0.677 e. The minimum absolute atomic E-state index is 0. The summed E-state index contributed by atoms with van der Waals surface area (Å²) in [4.78, 5) is 0. The van der Waals surface area contributed by atoms with Crippen LogP contribution in [-0.2, 0) is 31.3 Å². The number of aryl methyl sites for hydroxylation is 2. The van der Waals surface area contributed by atoms with Crippen molar-refractivity contribution in [3.63, 3.8) is 0 Å². The number of phenols is 1. The van der Waals surface area contributed by atoms with Crippen LogP contribution in [0.2, 0.25) is 0 Å². The first-order valence-electron chi connectivity index (χ1n) is 16.4. The fourth-order valence-corrected chi connectivity index (χ4v) is 4.27. The fraction of sp³-hybridized carbons (Fsp3) is 0.282. The Morgan fingerprint density at radius 1 is 0.667 bits per heavy atom. The van der Waals surface area contributed by atoms with E-state index in [1.165, 1.54) is 22.4 Å². The Labute approximate surface area is 310 Å². The van der Waals surface area contributed by atoms with Crippen LogP contribution in [0.15, 0.2) is 125 Å². The van der Waals surface area contributed by atoms with Crippen LogP contribution in [0, 0.1) is 19.4 Å². The molecule has 0 amide bonds. The van der Waals surface area contributed by atoms with Crippen molar-refractivity contribution < 1.29 is 41.5 Å². The Hall–Kier alpha value is -4.52. The second kappa shape index (κ2) is 25.4. The molecule has 0 saturated heterocycles. The van der Waals surface area contributed by atoms with Crippen molar-refractivity contribution in [1.82, 2.24) is 0 Å². The summed E-state index contributed by atoms with van der Waals surface area (Å²) in [5, 5.41) is 36.5. The van der Waals surface area contributed by atoms with E-state index in [0.29, 0.717) is 51.9 Å². The van der Waals surface area contributed by atoms with Crippen molar-refractivity contribution in [1.29, 1.82) is 5.53 Å². The maximum atomic E-state index is 9.60. The third-order valence-electron chi connectivity index (χ3n) is 6.91. The number of ether oxygens (including phenoxy) is 3. The van der Waals surface area contributed by atoms with Crippen molar-refractivity contribution in [2.45, 2.75) is 20.3 Å². The topological polar surface area (TPSA) is 167 Å². The first-order valence-corrected chi connectivity index (χ1v) is 16.4. The number of benzene rings is 5. The first kappa shape index (κ1) is 42.6. The van der Waals surface area contributed by atoms with Crippen molar-refractivity contribution >= 4 is 39.2 Å². The largest absolute Gasteiger partial charge is 1.00 e. The number of hydrogen-bond acceptors (Lipinski definition) is 9. The van der Waals surface area contributed by atoms with Gasteiger partial charge in [-0.05, 0) is 54.8 Å². The van der Waals surface area contributed by atoms with Gasteiger partial charge in [0.15, 0.2) is 0 Å². The van der Waals surface area contributed by atoms with Gasteiger partial charge in [0.2, 0.25) is 0 Å². The number of aromatic hydroxyl groups is 1. The van der Waals surface area contributed by atoms with Gasteiger partial charge in [0, 0.05) is 12.7 Å². The predicted octanol–water partition coefficient (Wildman–Crippen LogP) is 10.7. The van der Waals surface area contributed by atoms with E-state index in [1.54, 1.807) is 6.07 Å². The number of fused-ring (bicyclic) bond motifs is 1. The Morgan fingerprint density at radius 2 is 1.27 bits per heavy atom. The molecule has 0 aliphatic rings. The molecule has 12 heteroatoms. The summed E-state index contributed by atoms with van der Waals surface area (Å²) in [6, 6.07) is 35.3. The second-order valence-electron chi connectivity index (χ2n) is 10.9. The number of nitrogens with one attached hydrogen (secondary N) is 2. The molecule has 0 bridgehead atoms. The number of hydrogen-bond donors (Lipinski definition) is 3. The summed E-state index contributed by atoms with van der Waals surface area (Å²) in [5.74, 6) is -0.0717. The molecule has 0 heterocycles. The average Bonchev–Trinajstić information content (AvgIpc) is 3.14. The van der Waals surface area contributed by atoms with E-state index in [4.69, 9.17) is 30.6 Å². The molecule has 0 unspecified atom stereocenters. The molecule has 274 valence electrons. The van der Waals surface area contributed by atoms with Crippen LogP contribution in [0.5, 0.6) is 5.75 Å². The molecule has 11 nitrogen and oxygen atoms in total. The maximum Gasteiger partial charge on any atom is 1.00 e. The third kappa shape index (κ3) is 16.8. The van der Waals surface area contributed by atoms with Gasteiger partial charge >= 0.3 is 17.1 Å². The van der Waals surface area contributed by atoms with Gasteiger partial charge < -0.3 is 35.5 Å². The minimum atomic E-state index is -0.0717. The van der Waals surface area contributed by atoms with Gasteiger partial charge in [-0.3, -0.25) is 0 Å². The number of phenolic OH excluding ortho intramolecular Hbond substituents is 1. The zero-order valence-electron chi connectivity index (χ0n) is 29.0. The Kier molecular flexibility index (Phi) is 21.3. The standard InChI is InChI=1S/C17H14N.C13H12N4O.C9H20NO4.Cu/c1-13-6-9-16(10-7-13)18-17-11-8-14-4-2-3-5-15(14)12-17;1-9-7-12(15-14)13(18)8-11(9)17-16-10-5-3-2-4-6-10;10-2-1-4-12-6-8-14-9-7-13-5-3-11;/h2-12H,1H3;2-8,14,18H,1H3;10-11H,1-9H2;/q-1;;-1;+1. The quantitative estimate of drug-likeness (QED) is 0.0519. The number of nitrogens with zero attached hydrogens (tertiary/aromatic N) is 4. The molecule has 5 aromatic carbocycles. The molecule has 0 aliphatic heterocycles. The van der Waals surface area contributed by atoms with Crippen LogP contribution < -0.4 is 0 Å². The molecule has 4 N–H and O–H groups in total. The number of rotatable bonds is 16. The van der Waals surface area contributed by atoms with Crippen LogP contribution in [0.25, 0.3) is 21.8 Å². The van der Waals surface area contributed by atoms with Crippen molar-refractivity contribution in [2.75, 3.05) is 52.8 Å². The number of aliphatic hydroxyl groups is 1. The molecular formula is C39H46CuN6O5-. The molecule has 0 aromatic heterocycles. The summed E-state index contributed by atoms with van der Waals surface area (Å²) in [6.45, 7) is 7.53. The second-order valence-corrected chi connectivity index (χ2v) is 10.9. The van der Waals surface area contributed by atoms with Crippen LogP contribution in [-0.4, -0.2) is 63.0 Å². The monoisotopic (exact) mass is 741 g/mol. The smallest absolute Gasteiger partial charge is 0.677 e. The van der Waals surface area contributed by atoms with Crippen molar-refractivity contribution in [2.24, 2.45) is 15.3 Å². The predicted molar refractivity (Wildman–Crippen MR) is 199 cm³/mol. The van der Waals surface area contributed by atoms with Gasteiger partial charge in [-0.15, -0.1) is 17.9 Å². The molecule has 0 radical (unpaired) electrons. The molecule has 5 aromatic rings. The number of aliphatic hydroxyl groups excluding tert-OH is 1. The molecule has 51 heavy (non-hydrogen) atoms. The van der Waals surface area contributed by atoms with Crippen LogP contribution in [0.1, 0.15) is 17.5 Å². The maximum absolute atomic E-state index is 9.60. The van der Waals surface area contributed by atoms with Crippen LogP contribution in [0.4, 0.5) is 28.4 Å². The fourth-order valence-electron chi connectivity index (χ4n) is 4.27. The number of azo groups is 1. The Morgan fingerprint density at radius 3 is 1.92 bits per heavy atom. The molecule has 0 saturated carbocycles. The third-order valence-corrected chi connectivity index (χ3v) is 6.91. The van der Waals surface area contributed by atoms with E-state index in [2.05, 4.69) is 82.2 Å². The summed E-state index contributed by atoms with van der Waals surface area (Å²) in [6.07, 6.45) is 0.777. The Balaban J connectivity index is 0.000000266. The van der Waals surface area contributed by atoms with E-state index in [0.717, 1.165) is 29.0 Å². The molecule has 0 spiro atoms. The van der Waals surface area contributed by atoms with Crippen molar-refractivity contribution in [3.05, 3.63) is 131 Å². The van der Waals surface area contributed by atoms with Gasteiger partial charge in [0.05, 0.1) is 51.0 Å². The zero-order valence-corrected chi connectivity index (χ0v) is 29.9. The van der Waals surface area contributed by atoms with E-state index >= 15 is 0 Å². The SMILES string of the molecule is Cc1cc(N=N)c(O)cc1N=Nc1ccccc1.Cc1ccc([N-]c2ccc3ccccc3c2)cc1.[Cu+].[NH-]CCCOCCOCCOCCO. The van der Waals surface area contributed by atoms with Gasteiger partial charge in [-0.1, -0.05) is 90.5 Å². The van der Waals surface area contributed by atoms with Gasteiger partial charge in [-0.25, -0.2) is 5.53 Å². The van der Waals surface area contributed by atoms with E-state index in [-0.39, 0.29) is 35.1 Å². The van der Waals surface area contributed by atoms with Gasteiger partial charge in [0.25, 0.3) is 0 Å². The van der Waals surface area contributed by atoms with Crippen LogP contribution >= 0.6 is 0 Å². The van der Waals surface area contributed by atoms with Gasteiger partial charge in [0.1, 0.15) is 11.4 Å². The van der Waals surface area contributed by atoms with E-state index in [9.17, 15) is 5.11 Å². The average molecular weight is 742 g/mol. The van der Waals surface area contributed by atoms with Crippen LogP contribution in [0.3, 0.4) is 0 Å². The van der Waals surface area contributed by atoms with Crippen molar-refractivity contribution in [3.8, 4) is 5.75 Å². The first-order chi connectivity index (χ1) is 24.4. The van der Waals surface area contributed by atoms with Gasteiger partial charge in [-0.2, -0.15) is 15.3 Å². The van der Waals surface area contributed by atoms with E-state index < -0.39 is 0 Å². The molecular weight excluding hydrogens is 696 g/mol. The molecule has 5 rings (SSSR count). The summed E-state index contributed by atoms with van der Waals surface area (Å²) >= 11 is 0. The summed E-state index contributed by atoms with van der Waals surface area (Å²) in [5.41, 5.74) is 19.3. The zero-order chi connectivity index (χ0) is 35.8. The molecule has 0 fully saturated rings. The summed E-state index contributed by atoms with van der Waals surface area (Å²) in [7, 11) is 0. The normalized spacial score (nSPS) is 10.4. The Bertz CT molecular complexity index is 1710. The van der Waals surface area contributed by atoms with E-state index in [1.807, 2.05) is 49.4 Å². The molecule has 0 atom stereocenters.